The van der Waals surface area contributed by atoms with Crippen LogP contribution in [-0.2, 0) is 14.4 Å². The zero-order valence-electron chi connectivity index (χ0n) is 13.9. The molecule has 0 saturated carbocycles. The molecule has 0 aromatic carbocycles. The first-order chi connectivity index (χ1) is 11.0. The van der Waals surface area contributed by atoms with Gasteiger partial charge < -0.3 is 20.9 Å². The van der Waals surface area contributed by atoms with Crippen LogP contribution in [0.2, 0.25) is 0 Å². The van der Waals surface area contributed by atoms with E-state index in [1.54, 1.807) is 7.05 Å². The summed E-state index contributed by atoms with van der Waals surface area (Å²) in [5.41, 5.74) is 5.55. The molecule has 130 valence electrons. The molecule has 0 aliphatic carbocycles. The maximum Gasteiger partial charge on any atom is 0.243 e. The normalized spacial score (nSPS) is 21.7. The molecule has 2 rings (SSSR count). The van der Waals surface area contributed by atoms with E-state index in [4.69, 9.17) is 5.73 Å². The van der Waals surface area contributed by atoms with E-state index in [0.717, 1.165) is 38.8 Å². The average Bonchev–Trinajstić information content (AvgIpc) is 2.56. The van der Waals surface area contributed by atoms with Gasteiger partial charge in [-0.3, -0.25) is 14.4 Å². The summed E-state index contributed by atoms with van der Waals surface area (Å²) in [6.45, 7) is 2.32. The first-order valence-corrected chi connectivity index (χ1v) is 8.52. The molecule has 0 aromatic heterocycles. The Labute approximate surface area is 137 Å². The topological polar surface area (TPSA) is 95.7 Å². The second-order valence-electron chi connectivity index (χ2n) is 6.50. The fourth-order valence-corrected chi connectivity index (χ4v) is 3.33. The standard InChI is InChI=1S/C16H28N4O3/c1-19-10-15(22)20(11-14(19)21)13(4-2-3-7-17)16(23)12-5-8-18-9-6-12/h12-13,18H,2-11,17H2,1H3. The van der Waals surface area contributed by atoms with Crippen LogP contribution >= 0.6 is 0 Å². The van der Waals surface area contributed by atoms with Crippen molar-refractivity contribution in [1.29, 1.82) is 0 Å². The minimum Gasteiger partial charge on any atom is -0.335 e. The summed E-state index contributed by atoms with van der Waals surface area (Å²) in [7, 11) is 1.62. The third-order valence-corrected chi connectivity index (χ3v) is 4.80. The highest BCUT2D eigenvalue weighted by molar-refractivity contribution is 5.97. The summed E-state index contributed by atoms with van der Waals surface area (Å²) < 4.78 is 0. The molecule has 2 heterocycles. The number of hydrogen-bond acceptors (Lipinski definition) is 5. The lowest BCUT2D eigenvalue weighted by Gasteiger charge is -2.38. The molecular formula is C16H28N4O3. The van der Waals surface area contributed by atoms with Gasteiger partial charge in [0.25, 0.3) is 0 Å². The number of hydrogen-bond donors (Lipinski definition) is 2. The number of likely N-dealkylation sites (N-methyl/N-ethyl adjacent to an activating group) is 1. The van der Waals surface area contributed by atoms with Gasteiger partial charge in [-0.25, -0.2) is 0 Å². The van der Waals surface area contributed by atoms with Gasteiger partial charge >= 0.3 is 0 Å². The van der Waals surface area contributed by atoms with Crippen LogP contribution in [0.1, 0.15) is 32.1 Å². The first kappa shape index (κ1) is 17.9. The highest BCUT2D eigenvalue weighted by Gasteiger charge is 2.38. The highest BCUT2D eigenvalue weighted by Crippen LogP contribution is 2.22. The summed E-state index contributed by atoms with van der Waals surface area (Å²) in [4.78, 5) is 40.2. The van der Waals surface area contributed by atoms with Crippen molar-refractivity contribution in [3.63, 3.8) is 0 Å². The van der Waals surface area contributed by atoms with E-state index >= 15 is 0 Å². The Morgan fingerprint density at radius 1 is 1.22 bits per heavy atom. The smallest absolute Gasteiger partial charge is 0.243 e. The highest BCUT2D eigenvalue weighted by atomic mass is 16.2. The van der Waals surface area contributed by atoms with Crippen molar-refractivity contribution in [1.82, 2.24) is 15.1 Å². The van der Waals surface area contributed by atoms with Crippen molar-refractivity contribution >= 4 is 17.6 Å². The van der Waals surface area contributed by atoms with Gasteiger partial charge in [0.15, 0.2) is 5.78 Å². The summed E-state index contributed by atoms with van der Waals surface area (Å²) in [6.07, 6.45) is 3.84. The molecular weight excluding hydrogens is 296 g/mol. The number of unbranched alkanes of at least 4 members (excludes halogenated alkanes) is 1. The van der Waals surface area contributed by atoms with E-state index in [0.29, 0.717) is 13.0 Å². The molecule has 7 nitrogen and oxygen atoms in total. The van der Waals surface area contributed by atoms with Crippen molar-refractivity contribution in [2.75, 3.05) is 39.8 Å². The molecule has 2 aliphatic rings. The molecule has 3 N–H and O–H groups in total. The second-order valence-corrected chi connectivity index (χ2v) is 6.50. The van der Waals surface area contributed by atoms with Gasteiger partial charge in [0, 0.05) is 13.0 Å². The lowest BCUT2D eigenvalue weighted by molar-refractivity contribution is -0.154. The van der Waals surface area contributed by atoms with Crippen LogP contribution < -0.4 is 11.1 Å². The Hall–Kier alpha value is -1.47. The molecule has 7 heteroatoms. The van der Waals surface area contributed by atoms with Gasteiger partial charge in [-0.15, -0.1) is 0 Å². The van der Waals surface area contributed by atoms with Crippen LogP contribution in [0.3, 0.4) is 0 Å². The van der Waals surface area contributed by atoms with Crippen LogP contribution in [0, 0.1) is 5.92 Å². The van der Waals surface area contributed by atoms with Crippen molar-refractivity contribution < 1.29 is 14.4 Å². The molecule has 0 spiro atoms. The van der Waals surface area contributed by atoms with E-state index in [-0.39, 0.29) is 36.6 Å². The van der Waals surface area contributed by atoms with E-state index in [2.05, 4.69) is 5.32 Å². The van der Waals surface area contributed by atoms with Crippen LogP contribution in [-0.4, -0.2) is 73.2 Å². The van der Waals surface area contributed by atoms with Gasteiger partial charge in [-0.2, -0.15) is 0 Å². The monoisotopic (exact) mass is 324 g/mol. The maximum atomic E-state index is 12.9. The predicted molar refractivity (Wildman–Crippen MR) is 86.6 cm³/mol. The Morgan fingerprint density at radius 3 is 2.57 bits per heavy atom. The summed E-state index contributed by atoms with van der Waals surface area (Å²) in [6, 6.07) is -0.477. The van der Waals surface area contributed by atoms with Gasteiger partial charge in [0.2, 0.25) is 11.8 Å². The number of Topliss-reactive ketones (excluding diaryl/α,β-unsaturated/α-hetero) is 1. The molecule has 0 aromatic rings. The Kier molecular flexibility index (Phi) is 6.53. The predicted octanol–water partition coefficient (Wildman–Crippen LogP) is -0.647. The summed E-state index contributed by atoms with van der Waals surface area (Å²) >= 11 is 0. The van der Waals surface area contributed by atoms with Gasteiger partial charge in [0.05, 0.1) is 12.6 Å². The molecule has 2 aliphatic heterocycles. The minimum atomic E-state index is -0.477. The van der Waals surface area contributed by atoms with Crippen molar-refractivity contribution in [2.24, 2.45) is 11.7 Å². The molecule has 1 atom stereocenters. The van der Waals surface area contributed by atoms with Crippen molar-refractivity contribution in [2.45, 2.75) is 38.1 Å². The first-order valence-electron chi connectivity index (χ1n) is 8.52. The van der Waals surface area contributed by atoms with Crippen LogP contribution in [0.25, 0.3) is 0 Å². The zero-order valence-corrected chi connectivity index (χ0v) is 13.9. The van der Waals surface area contributed by atoms with Crippen LogP contribution in [0.5, 0.6) is 0 Å². The number of nitrogens with one attached hydrogen (secondary N) is 1. The SMILES string of the molecule is CN1CC(=O)N(C(CCCCN)C(=O)C2CCNCC2)CC1=O. The number of ketones is 1. The van der Waals surface area contributed by atoms with E-state index in [1.165, 1.54) is 9.80 Å². The number of nitrogens with zero attached hydrogens (tertiary/aromatic N) is 2. The lowest BCUT2D eigenvalue weighted by Crippen LogP contribution is -2.58. The van der Waals surface area contributed by atoms with Gasteiger partial charge in [0.1, 0.15) is 6.54 Å². The minimum absolute atomic E-state index is 0.0123. The lowest BCUT2D eigenvalue weighted by atomic mass is 9.87. The number of carbonyl (C=O) groups excluding carboxylic acids is 3. The number of rotatable bonds is 7. The number of carbonyl (C=O) groups is 3. The third-order valence-electron chi connectivity index (χ3n) is 4.80. The van der Waals surface area contributed by atoms with Crippen LogP contribution in [0.15, 0.2) is 0 Å². The number of piperidine rings is 1. The summed E-state index contributed by atoms with van der Waals surface area (Å²) in [5.74, 6) is -0.130. The molecule has 2 fully saturated rings. The number of amides is 2. The fraction of sp³-hybridized carbons (Fsp3) is 0.812. The molecule has 2 saturated heterocycles. The Morgan fingerprint density at radius 2 is 1.91 bits per heavy atom. The molecule has 0 bridgehead atoms. The van der Waals surface area contributed by atoms with E-state index in [1.807, 2.05) is 0 Å². The van der Waals surface area contributed by atoms with E-state index in [9.17, 15) is 14.4 Å². The van der Waals surface area contributed by atoms with Crippen molar-refractivity contribution in [3.05, 3.63) is 0 Å². The zero-order chi connectivity index (χ0) is 16.8. The molecule has 0 radical (unpaired) electrons. The second kappa shape index (κ2) is 8.40. The van der Waals surface area contributed by atoms with Gasteiger partial charge in [-0.1, -0.05) is 0 Å². The molecule has 1 unspecified atom stereocenters. The third kappa shape index (κ3) is 4.51. The van der Waals surface area contributed by atoms with Gasteiger partial charge in [-0.05, 0) is 51.7 Å². The average molecular weight is 324 g/mol. The Balaban J connectivity index is 2.10. The summed E-state index contributed by atoms with van der Waals surface area (Å²) in [5, 5.41) is 3.25. The maximum absolute atomic E-state index is 12.9. The quantitative estimate of drug-likeness (QED) is 0.607. The fourth-order valence-electron chi connectivity index (χ4n) is 3.33. The molecule has 23 heavy (non-hydrogen) atoms. The number of piperazine rings is 1. The molecule has 2 amide bonds. The van der Waals surface area contributed by atoms with Crippen molar-refractivity contribution in [3.8, 4) is 0 Å². The number of nitrogens with two attached hydrogens (primary N) is 1. The largest absolute Gasteiger partial charge is 0.335 e. The Bertz CT molecular complexity index is 449. The van der Waals surface area contributed by atoms with Crippen LogP contribution in [0.4, 0.5) is 0 Å². The van der Waals surface area contributed by atoms with E-state index < -0.39 is 6.04 Å².